The summed E-state index contributed by atoms with van der Waals surface area (Å²) < 4.78 is 37.7. The van der Waals surface area contributed by atoms with E-state index in [1.165, 1.54) is 28.8 Å². The van der Waals surface area contributed by atoms with Crippen molar-refractivity contribution in [2.24, 2.45) is 5.92 Å². The van der Waals surface area contributed by atoms with Crippen LogP contribution in [0.1, 0.15) is 12.8 Å². The van der Waals surface area contributed by atoms with Gasteiger partial charge in [-0.3, -0.25) is 4.79 Å². The molecular weight excluding hydrogens is 363 g/mol. The molecule has 1 amide bonds. The summed E-state index contributed by atoms with van der Waals surface area (Å²) in [5.41, 5.74) is 0.506. The first-order valence-electron chi connectivity index (χ1n) is 6.48. The van der Waals surface area contributed by atoms with Crippen molar-refractivity contribution in [3.05, 3.63) is 28.5 Å². The van der Waals surface area contributed by atoms with Gasteiger partial charge in [0.05, 0.1) is 11.9 Å². The minimum absolute atomic E-state index is 0.171. The monoisotopic (exact) mass is 378 g/mol. The van der Waals surface area contributed by atoms with Crippen molar-refractivity contribution in [1.82, 2.24) is 4.31 Å². The summed E-state index contributed by atoms with van der Waals surface area (Å²) >= 11 is 3.19. The van der Waals surface area contributed by atoms with Gasteiger partial charge >= 0.3 is 0 Å². The van der Waals surface area contributed by atoms with Gasteiger partial charge in [0, 0.05) is 23.5 Å². The average molecular weight is 379 g/mol. The van der Waals surface area contributed by atoms with Gasteiger partial charge in [-0.05, 0) is 47.0 Å². The molecule has 2 rings (SSSR count). The van der Waals surface area contributed by atoms with Crippen LogP contribution in [0.4, 0.5) is 10.1 Å². The van der Waals surface area contributed by atoms with Crippen molar-refractivity contribution in [3.63, 3.8) is 0 Å². The van der Waals surface area contributed by atoms with Gasteiger partial charge in [0.1, 0.15) is 5.82 Å². The Labute approximate surface area is 131 Å². The first-order valence-corrected chi connectivity index (χ1v) is 9.12. The molecule has 1 heterocycles. The van der Waals surface area contributed by atoms with Gasteiger partial charge < -0.3 is 5.32 Å². The van der Waals surface area contributed by atoms with Crippen LogP contribution in [0, 0.1) is 11.7 Å². The lowest BCUT2D eigenvalue weighted by Gasteiger charge is -2.29. The maximum absolute atomic E-state index is 13.0. The first kappa shape index (κ1) is 16.4. The number of carbonyl (C=O) groups is 1. The summed E-state index contributed by atoms with van der Waals surface area (Å²) in [4.78, 5) is 12.2. The number of hydrogen-bond acceptors (Lipinski definition) is 3. The number of benzene rings is 1. The molecule has 0 atom stereocenters. The van der Waals surface area contributed by atoms with Gasteiger partial charge in [-0.25, -0.2) is 17.1 Å². The molecule has 0 spiro atoms. The van der Waals surface area contributed by atoms with Crippen molar-refractivity contribution in [1.29, 1.82) is 0 Å². The predicted molar refractivity (Wildman–Crippen MR) is 81.9 cm³/mol. The van der Waals surface area contributed by atoms with E-state index in [1.54, 1.807) is 0 Å². The lowest BCUT2D eigenvalue weighted by molar-refractivity contribution is -0.120. The zero-order valence-corrected chi connectivity index (χ0v) is 13.9. The Morgan fingerprint density at radius 1 is 1.38 bits per heavy atom. The molecule has 8 heteroatoms. The number of carbonyl (C=O) groups excluding carboxylic acids is 1. The van der Waals surface area contributed by atoms with Gasteiger partial charge in [-0.15, -0.1) is 0 Å². The van der Waals surface area contributed by atoms with E-state index in [-0.39, 0.29) is 17.6 Å². The Hall–Kier alpha value is -0.990. The molecule has 1 aliphatic heterocycles. The summed E-state index contributed by atoms with van der Waals surface area (Å²) in [5, 5.41) is 2.74. The molecule has 1 aromatic rings. The minimum atomic E-state index is -3.19. The second-order valence-corrected chi connectivity index (χ2v) is 7.89. The van der Waals surface area contributed by atoms with E-state index < -0.39 is 10.0 Å². The number of anilines is 1. The average Bonchev–Trinajstić information content (AvgIpc) is 2.41. The number of hydrogen-bond donors (Lipinski definition) is 1. The molecule has 1 aromatic carbocycles. The van der Waals surface area contributed by atoms with Crippen LogP contribution in [0.25, 0.3) is 0 Å². The topological polar surface area (TPSA) is 66.5 Å². The number of sulfonamides is 1. The van der Waals surface area contributed by atoms with Gasteiger partial charge in [0.15, 0.2) is 0 Å². The highest BCUT2D eigenvalue weighted by atomic mass is 79.9. The number of amides is 1. The predicted octanol–water partition coefficient (Wildman–Crippen LogP) is 2.20. The third kappa shape index (κ3) is 4.24. The Morgan fingerprint density at radius 2 is 2.00 bits per heavy atom. The molecule has 0 radical (unpaired) electrons. The Kier molecular flexibility index (Phi) is 5.00. The maximum Gasteiger partial charge on any atom is 0.227 e. The van der Waals surface area contributed by atoms with Gasteiger partial charge in [-0.1, -0.05) is 0 Å². The molecule has 0 aliphatic carbocycles. The molecule has 21 heavy (non-hydrogen) atoms. The van der Waals surface area contributed by atoms with Crippen molar-refractivity contribution in [3.8, 4) is 0 Å². The Bertz CT molecular complexity index is 643. The summed E-state index contributed by atoms with van der Waals surface area (Å²) in [7, 11) is -3.19. The van der Waals surface area contributed by atoms with Crippen LogP contribution >= 0.6 is 15.9 Å². The van der Waals surface area contributed by atoms with Crippen LogP contribution in [0.5, 0.6) is 0 Å². The van der Waals surface area contributed by atoms with E-state index in [9.17, 15) is 17.6 Å². The third-order valence-corrected chi connectivity index (χ3v) is 5.44. The standard InChI is InChI=1S/C13H16BrFN2O3S/c1-21(19,20)17-6-4-9(5-7-17)13(18)16-12-3-2-10(15)8-11(12)14/h2-3,8-9H,4-7H2,1H3,(H,16,18). The van der Waals surface area contributed by atoms with E-state index in [0.717, 1.165) is 0 Å². The van der Waals surface area contributed by atoms with E-state index in [1.807, 2.05) is 0 Å². The number of halogens is 2. The van der Waals surface area contributed by atoms with E-state index >= 15 is 0 Å². The zero-order valence-electron chi connectivity index (χ0n) is 11.5. The summed E-state index contributed by atoms with van der Waals surface area (Å²) in [6.45, 7) is 0.697. The van der Waals surface area contributed by atoms with Crippen LogP contribution in [0.2, 0.25) is 0 Å². The number of rotatable bonds is 3. The number of nitrogens with zero attached hydrogens (tertiary/aromatic N) is 1. The van der Waals surface area contributed by atoms with Crippen molar-refractivity contribution >= 4 is 37.5 Å². The smallest absolute Gasteiger partial charge is 0.227 e. The molecule has 0 bridgehead atoms. The van der Waals surface area contributed by atoms with Crippen LogP contribution in [0.15, 0.2) is 22.7 Å². The van der Waals surface area contributed by atoms with Gasteiger partial charge in [0.25, 0.3) is 0 Å². The van der Waals surface area contributed by atoms with Gasteiger partial charge in [0.2, 0.25) is 15.9 Å². The number of nitrogens with one attached hydrogen (secondary N) is 1. The minimum Gasteiger partial charge on any atom is -0.325 e. The molecule has 1 fully saturated rings. The summed E-state index contributed by atoms with van der Waals surface area (Å²) in [6.07, 6.45) is 2.14. The van der Waals surface area contributed by atoms with Crippen LogP contribution in [-0.4, -0.2) is 38.0 Å². The molecule has 5 nitrogen and oxygen atoms in total. The summed E-state index contributed by atoms with van der Waals surface area (Å²) in [5.74, 6) is -0.795. The Balaban J connectivity index is 1.96. The highest BCUT2D eigenvalue weighted by Crippen LogP contribution is 2.26. The highest BCUT2D eigenvalue weighted by Gasteiger charge is 2.29. The molecule has 1 N–H and O–H groups in total. The second kappa shape index (κ2) is 6.41. The first-order chi connectivity index (χ1) is 9.77. The van der Waals surface area contributed by atoms with Crippen molar-refractivity contribution in [2.45, 2.75) is 12.8 Å². The largest absolute Gasteiger partial charge is 0.325 e. The lowest BCUT2D eigenvalue weighted by Crippen LogP contribution is -2.40. The maximum atomic E-state index is 13.0. The molecule has 0 aromatic heterocycles. The van der Waals surface area contributed by atoms with Crippen molar-refractivity contribution < 1.29 is 17.6 Å². The van der Waals surface area contributed by atoms with Crippen molar-refractivity contribution in [2.75, 3.05) is 24.7 Å². The SMILES string of the molecule is CS(=O)(=O)N1CCC(C(=O)Nc2ccc(F)cc2Br)CC1. The van der Waals surface area contributed by atoms with Crippen LogP contribution in [0.3, 0.4) is 0 Å². The Morgan fingerprint density at radius 3 is 2.52 bits per heavy atom. The lowest BCUT2D eigenvalue weighted by atomic mass is 9.97. The zero-order chi connectivity index (χ0) is 15.6. The fraction of sp³-hybridized carbons (Fsp3) is 0.462. The molecule has 1 aliphatic rings. The fourth-order valence-electron chi connectivity index (χ4n) is 2.28. The van der Waals surface area contributed by atoms with Gasteiger partial charge in [-0.2, -0.15) is 0 Å². The number of piperidine rings is 1. The normalized spacial score (nSPS) is 17.7. The molecule has 116 valence electrons. The second-order valence-electron chi connectivity index (χ2n) is 5.05. The summed E-state index contributed by atoms with van der Waals surface area (Å²) in [6, 6.07) is 4.04. The fourth-order valence-corrected chi connectivity index (χ4v) is 3.60. The van der Waals surface area contributed by atoms with E-state index in [2.05, 4.69) is 21.2 Å². The molecule has 0 unspecified atom stereocenters. The quantitative estimate of drug-likeness (QED) is 0.876. The van der Waals surface area contributed by atoms with Crippen LogP contribution < -0.4 is 5.32 Å². The van der Waals surface area contributed by atoms with E-state index in [0.29, 0.717) is 36.1 Å². The molecule has 0 saturated carbocycles. The highest BCUT2D eigenvalue weighted by molar-refractivity contribution is 9.10. The molecule has 1 saturated heterocycles. The van der Waals surface area contributed by atoms with Crippen LogP contribution in [-0.2, 0) is 14.8 Å². The molecular formula is C13H16BrFN2O3S. The third-order valence-electron chi connectivity index (χ3n) is 3.48. The van der Waals surface area contributed by atoms with E-state index in [4.69, 9.17) is 0 Å².